The van der Waals surface area contributed by atoms with Crippen LogP contribution in [0.3, 0.4) is 0 Å². The normalized spacial score (nSPS) is 11.5. The van der Waals surface area contributed by atoms with Gasteiger partial charge in [0.2, 0.25) is 0 Å². The Morgan fingerprint density at radius 2 is 1.85 bits per heavy atom. The van der Waals surface area contributed by atoms with Crippen LogP contribution in [0.5, 0.6) is 0 Å². The molecule has 0 spiro atoms. The van der Waals surface area contributed by atoms with Crippen molar-refractivity contribution < 1.29 is 69.1 Å². The Morgan fingerprint density at radius 1 is 1.31 bits per heavy atom. The Kier molecular flexibility index (Phi) is 11.3. The number of nitrogens with zero attached hydrogens (tertiary/aromatic N) is 1. The van der Waals surface area contributed by atoms with Crippen LogP contribution in [0.4, 0.5) is 12.9 Å². The minimum absolute atomic E-state index is 0. The molecule has 0 aromatic carbocycles. The van der Waals surface area contributed by atoms with Crippen LogP contribution in [-0.4, -0.2) is 45.1 Å². The summed E-state index contributed by atoms with van der Waals surface area (Å²) in [5, 5.41) is 0. The number of hydrogen-bond acceptors (Lipinski definition) is 2. The van der Waals surface area contributed by atoms with Crippen molar-refractivity contribution in [2.45, 2.75) is 6.92 Å². The van der Waals surface area contributed by atoms with Crippen molar-refractivity contribution in [3.05, 3.63) is 0 Å². The third-order valence-electron chi connectivity index (χ3n) is 1.34. The van der Waals surface area contributed by atoms with Crippen molar-refractivity contribution in [1.82, 2.24) is 4.90 Å². The van der Waals surface area contributed by atoms with Gasteiger partial charge in [0.1, 0.15) is 0 Å². The Bertz CT molecular complexity index is 125. The number of rotatable bonds is 6. The number of likely N-dealkylation sites (N-methyl/N-ethyl adjacent to an activating group) is 1. The van der Waals surface area contributed by atoms with E-state index in [2.05, 4.69) is 0 Å². The quantitative estimate of drug-likeness (QED) is 0.395. The number of hydrogen-bond donors (Lipinski definition) is 0. The van der Waals surface area contributed by atoms with Crippen molar-refractivity contribution in [1.29, 1.82) is 0 Å². The molecular formula is C6H14BF3KNO. The molecule has 0 bridgehead atoms. The van der Waals surface area contributed by atoms with Gasteiger partial charge in [0.25, 0.3) is 0 Å². The van der Waals surface area contributed by atoms with Gasteiger partial charge in [-0.15, -0.1) is 0 Å². The number of ether oxygens (including phenoxy) is 1. The van der Waals surface area contributed by atoms with Gasteiger partial charge in [-0.05, 0) is 20.4 Å². The van der Waals surface area contributed by atoms with Crippen LogP contribution < -0.4 is 51.4 Å². The second-order valence-corrected chi connectivity index (χ2v) is 2.67. The summed E-state index contributed by atoms with van der Waals surface area (Å²) in [5.41, 5.74) is 0. The molecule has 0 heterocycles. The fraction of sp³-hybridized carbons (Fsp3) is 1.00. The van der Waals surface area contributed by atoms with E-state index in [-0.39, 0.29) is 51.4 Å². The van der Waals surface area contributed by atoms with Crippen molar-refractivity contribution in [3.63, 3.8) is 0 Å². The monoisotopic (exact) mass is 223 g/mol. The zero-order valence-electron chi connectivity index (χ0n) is 8.40. The summed E-state index contributed by atoms with van der Waals surface area (Å²) in [4.78, 5) is 1.22. The second kappa shape index (κ2) is 8.70. The Morgan fingerprint density at radius 3 is 2.23 bits per heavy atom. The third-order valence-corrected chi connectivity index (χ3v) is 1.34. The van der Waals surface area contributed by atoms with Gasteiger partial charge < -0.3 is 22.6 Å². The molecule has 74 valence electrons. The molecule has 0 amide bonds. The molecule has 0 rings (SSSR count). The molecule has 0 fully saturated rings. The zero-order chi connectivity index (χ0) is 9.61. The molecule has 0 aliphatic rings. The summed E-state index contributed by atoms with van der Waals surface area (Å²) in [7, 11) is 1.44. The minimum atomic E-state index is -4.70. The van der Waals surface area contributed by atoms with Crippen LogP contribution in [0.15, 0.2) is 0 Å². The molecule has 0 aromatic heterocycles. The fourth-order valence-electron chi connectivity index (χ4n) is 0.809. The van der Waals surface area contributed by atoms with Crippen LogP contribution in [0.1, 0.15) is 6.92 Å². The van der Waals surface area contributed by atoms with Gasteiger partial charge >= 0.3 is 58.4 Å². The molecule has 0 N–H and O–H groups in total. The van der Waals surface area contributed by atoms with Crippen LogP contribution >= 0.6 is 0 Å². The zero-order valence-corrected chi connectivity index (χ0v) is 11.5. The van der Waals surface area contributed by atoms with E-state index < -0.39 is 13.4 Å². The van der Waals surface area contributed by atoms with E-state index in [9.17, 15) is 12.9 Å². The third kappa shape index (κ3) is 13.4. The maximum absolute atomic E-state index is 11.8. The van der Waals surface area contributed by atoms with E-state index in [1.54, 1.807) is 0 Å². The maximum Gasteiger partial charge on any atom is 1.00 e. The van der Waals surface area contributed by atoms with Crippen LogP contribution in [0, 0.1) is 0 Å². The SMILES string of the molecule is CCOCCN(C)C[B-](F)(F)F.[K+]. The van der Waals surface area contributed by atoms with Gasteiger partial charge in [-0.3, -0.25) is 0 Å². The molecule has 7 heteroatoms. The molecule has 0 saturated heterocycles. The van der Waals surface area contributed by atoms with E-state index >= 15 is 0 Å². The van der Waals surface area contributed by atoms with Gasteiger partial charge in [-0.1, -0.05) is 0 Å². The Hall–Kier alpha value is 1.41. The molecule has 0 atom stereocenters. The molecule has 0 radical (unpaired) electrons. The van der Waals surface area contributed by atoms with Crippen LogP contribution in [0.2, 0.25) is 0 Å². The molecule has 0 saturated carbocycles. The second-order valence-electron chi connectivity index (χ2n) is 2.67. The van der Waals surface area contributed by atoms with Crippen molar-refractivity contribution in [2.24, 2.45) is 0 Å². The predicted octanol–water partition coefficient (Wildman–Crippen LogP) is -1.65. The molecule has 13 heavy (non-hydrogen) atoms. The topological polar surface area (TPSA) is 12.5 Å². The van der Waals surface area contributed by atoms with Crippen molar-refractivity contribution in [3.8, 4) is 0 Å². The Balaban J connectivity index is 0. The molecule has 0 aliphatic carbocycles. The van der Waals surface area contributed by atoms with Gasteiger partial charge in [-0.25, -0.2) is 0 Å². The van der Waals surface area contributed by atoms with Crippen LogP contribution in [0.25, 0.3) is 0 Å². The molecule has 0 aliphatic heterocycles. The summed E-state index contributed by atoms with van der Waals surface area (Å²) < 4.78 is 40.3. The minimum Gasteiger partial charge on any atom is -0.448 e. The molecular weight excluding hydrogens is 209 g/mol. The molecule has 0 aromatic rings. The summed E-state index contributed by atoms with van der Waals surface area (Å²) in [6.07, 6.45) is -0.812. The van der Waals surface area contributed by atoms with Gasteiger partial charge in [0, 0.05) is 13.2 Å². The first-order chi connectivity index (χ1) is 5.45. The maximum atomic E-state index is 11.8. The first-order valence-electron chi connectivity index (χ1n) is 3.93. The standard InChI is InChI=1S/C6H14BF3NO.K/c1-3-12-5-4-11(2)6-7(8,9)10;/h3-6H2,1-2H3;/q-1;+1. The van der Waals surface area contributed by atoms with E-state index in [1.165, 1.54) is 11.9 Å². The summed E-state index contributed by atoms with van der Waals surface area (Å²) in [6.45, 7) is -1.65. The first kappa shape index (κ1) is 16.8. The van der Waals surface area contributed by atoms with Crippen LogP contribution in [-0.2, 0) is 4.74 Å². The molecule has 2 nitrogen and oxygen atoms in total. The fourth-order valence-corrected chi connectivity index (χ4v) is 0.809. The largest absolute Gasteiger partial charge is 1.00 e. The van der Waals surface area contributed by atoms with Crippen molar-refractivity contribution >= 4 is 6.98 Å². The van der Waals surface area contributed by atoms with Crippen molar-refractivity contribution in [2.75, 3.05) is 33.3 Å². The average Bonchev–Trinajstić information content (AvgIpc) is 1.84. The smallest absolute Gasteiger partial charge is 0.448 e. The van der Waals surface area contributed by atoms with E-state index in [1.807, 2.05) is 6.92 Å². The first-order valence-corrected chi connectivity index (χ1v) is 3.93. The van der Waals surface area contributed by atoms with Gasteiger partial charge in [-0.2, -0.15) is 0 Å². The van der Waals surface area contributed by atoms with E-state index in [0.29, 0.717) is 19.8 Å². The van der Waals surface area contributed by atoms with E-state index in [0.717, 1.165) is 0 Å². The summed E-state index contributed by atoms with van der Waals surface area (Å²) in [5.74, 6) is 0. The van der Waals surface area contributed by atoms with Gasteiger partial charge in [0.15, 0.2) is 0 Å². The molecule has 0 unspecified atom stereocenters. The summed E-state index contributed by atoms with van der Waals surface area (Å²) in [6, 6.07) is 0. The number of halogens is 3. The van der Waals surface area contributed by atoms with E-state index in [4.69, 9.17) is 4.74 Å². The average molecular weight is 223 g/mol. The predicted molar refractivity (Wildman–Crippen MR) is 43.1 cm³/mol. The Labute approximate surface area is 120 Å². The summed E-state index contributed by atoms with van der Waals surface area (Å²) >= 11 is 0. The van der Waals surface area contributed by atoms with Gasteiger partial charge in [0.05, 0.1) is 6.61 Å².